The molecule has 2 rings (SSSR count). The van der Waals surface area contributed by atoms with Gasteiger partial charge in [0.1, 0.15) is 17.5 Å². The van der Waals surface area contributed by atoms with E-state index >= 15 is 0 Å². The fourth-order valence-electron chi connectivity index (χ4n) is 1.45. The summed E-state index contributed by atoms with van der Waals surface area (Å²) in [7, 11) is 0. The number of nitrogens with zero attached hydrogens (tertiary/aromatic N) is 4. The molecule has 0 bridgehead atoms. The first-order chi connectivity index (χ1) is 8.71. The molecule has 0 unspecified atom stereocenters. The molecule has 0 aliphatic rings. The van der Waals surface area contributed by atoms with Crippen molar-refractivity contribution >= 4 is 5.95 Å². The van der Waals surface area contributed by atoms with Gasteiger partial charge in [0, 0.05) is 12.1 Å². The van der Waals surface area contributed by atoms with Gasteiger partial charge < -0.3 is 9.73 Å². The third kappa shape index (κ3) is 2.83. The van der Waals surface area contributed by atoms with Crippen LogP contribution in [0.3, 0.4) is 0 Å². The number of nitrogens with one attached hydrogen (secondary N) is 1. The van der Waals surface area contributed by atoms with Crippen molar-refractivity contribution in [1.82, 2.24) is 15.0 Å². The molecule has 2 aromatic rings. The number of aryl methyl sites for hydroxylation is 2. The van der Waals surface area contributed by atoms with Gasteiger partial charge in [0.2, 0.25) is 11.8 Å². The zero-order valence-corrected chi connectivity index (χ0v) is 10.3. The van der Waals surface area contributed by atoms with Gasteiger partial charge in [0.25, 0.3) is 0 Å². The predicted octanol–water partition coefficient (Wildman–Crippen LogP) is 1.82. The van der Waals surface area contributed by atoms with Gasteiger partial charge in [0.05, 0.1) is 12.7 Å². The Kier molecular flexibility index (Phi) is 3.53. The van der Waals surface area contributed by atoms with E-state index < -0.39 is 0 Å². The highest BCUT2D eigenvalue weighted by atomic mass is 16.4. The summed E-state index contributed by atoms with van der Waals surface area (Å²) < 4.78 is 5.45. The van der Waals surface area contributed by atoms with Gasteiger partial charge in [0.15, 0.2) is 0 Å². The average Bonchev–Trinajstić information content (AvgIpc) is 2.83. The van der Waals surface area contributed by atoms with Crippen LogP contribution in [0.5, 0.6) is 0 Å². The molecule has 92 valence electrons. The summed E-state index contributed by atoms with van der Waals surface area (Å²) in [5.41, 5.74) is 1.08. The largest absolute Gasteiger partial charge is 0.444 e. The van der Waals surface area contributed by atoms with Crippen LogP contribution in [0.15, 0.2) is 16.7 Å². The molecule has 0 radical (unpaired) electrons. The van der Waals surface area contributed by atoms with E-state index in [1.807, 2.05) is 19.9 Å². The Labute approximate surface area is 105 Å². The van der Waals surface area contributed by atoms with E-state index in [4.69, 9.17) is 9.68 Å². The van der Waals surface area contributed by atoms with Gasteiger partial charge in [-0.05, 0) is 13.0 Å². The van der Waals surface area contributed by atoms with E-state index in [0.717, 1.165) is 17.9 Å². The molecule has 0 atom stereocenters. The maximum absolute atomic E-state index is 8.81. The topological polar surface area (TPSA) is 87.6 Å². The third-order valence-electron chi connectivity index (χ3n) is 2.32. The molecule has 0 saturated heterocycles. The molecule has 0 fully saturated rings. The van der Waals surface area contributed by atoms with Crippen molar-refractivity contribution in [2.24, 2.45) is 0 Å². The van der Waals surface area contributed by atoms with Crippen LogP contribution in [0, 0.1) is 18.3 Å². The van der Waals surface area contributed by atoms with E-state index in [-0.39, 0.29) is 0 Å². The minimum atomic E-state index is 0.339. The molecule has 2 aromatic heterocycles. The van der Waals surface area contributed by atoms with Crippen LogP contribution < -0.4 is 5.32 Å². The summed E-state index contributed by atoms with van der Waals surface area (Å²) >= 11 is 0. The lowest BCUT2D eigenvalue weighted by atomic mass is 10.3. The molecular weight excluding hydrogens is 230 g/mol. The van der Waals surface area contributed by atoms with Gasteiger partial charge in [-0.3, -0.25) is 0 Å². The van der Waals surface area contributed by atoms with E-state index in [0.29, 0.717) is 24.1 Å². The number of aromatic nitrogens is 3. The summed E-state index contributed by atoms with van der Waals surface area (Å²) in [6.07, 6.45) is 2.52. The summed E-state index contributed by atoms with van der Waals surface area (Å²) in [4.78, 5) is 12.3. The molecule has 0 saturated carbocycles. The van der Waals surface area contributed by atoms with Crippen molar-refractivity contribution in [2.45, 2.75) is 26.8 Å². The molecule has 6 nitrogen and oxygen atoms in total. The normalized spacial score (nSPS) is 10.1. The standard InChI is InChI=1S/C12H13N5O/c1-3-10-6-14-11(18-10)7-15-12-16-8(2)4-9(5-13)17-12/h4,6H,3,7H2,1-2H3,(H,15,16,17). The smallest absolute Gasteiger partial charge is 0.224 e. The van der Waals surface area contributed by atoms with E-state index in [1.54, 1.807) is 12.3 Å². The SMILES string of the molecule is CCc1cnc(CNc2nc(C)cc(C#N)n2)o1. The van der Waals surface area contributed by atoms with Crippen molar-refractivity contribution in [3.05, 3.63) is 35.3 Å². The molecule has 6 heteroatoms. The first-order valence-corrected chi connectivity index (χ1v) is 5.64. The summed E-state index contributed by atoms with van der Waals surface area (Å²) in [5.74, 6) is 1.83. The zero-order valence-electron chi connectivity index (χ0n) is 10.3. The minimum absolute atomic E-state index is 0.339. The van der Waals surface area contributed by atoms with Crippen molar-refractivity contribution < 1.29 is 4.42 Å². The molecule has 0 aromatic carbocycles. The molecular formula is C12H13N5O. The minimum Gasteiger partial charge on any atom is -0.444 e. The van der Waals surface area contributed by atoms with Crippen LogP contribution in [-0.4, -0.2) is 15.0 Å². The monoisotopic (exact) mass is 243 g/mol. The van der Waals surface area contributed by atoms with Crippen LogP contribution in [0.2, 0.25) is 0 Å². The maximum Gasteiger partial charge on any atom is 0.224 e. The van der Waals surface area contributed by atoms with Crippen molar-refractivity contribution in [1.29, 1.82) is 5.26 Å². The van der Waals surface area contributed by atoms with Gasteiger partial charge in [-0.15, -0.1) is 0 Å². The number of nitriles is 1. The average molecular weight is 243 g/mol. The van der Waals surface area contributed by atoms with Crippen LogP contribution in [0.4, 0.5) is 5.95 Å². The van der Waals surface area contributed by atoms with Crippen molar-refractivity contribution in [2.75, 3.05) is 5.32 Å². The van der Waals surface area contributed by atoms with Crippen molar-refractivity contribution in [3.63, 3.8) is 0 Å². The highest BCUT2D eigenvalue weighted by Gasteiger charge is 2.05. The van der Waals surface area contributed by atoms with E-state index in [1.165, 1.54) is 0 Å². The summed E-state index contributed by atoms with van der Waals surface area (Å²) in [5, 5.41) is 11.8. The van der Waals surface area contributed by atoms with E-state index in [2.05, 4.69) is 20.3 Å². The molecule has 0 amide bonds. The van der Waals surface area contributed by atoms with Crippen LogP contribution in [-0.2, 0) is 13.0 Å². The maximum atomic E-state index is 8.81. The second-order valence-corrected chi connectivity index (χ2v) is 3.76. The van der Waals surface area contributed by atoms with Gasteiger partial charge in [-0.1, -0.05) is 6.92 Å². The molecule has 0 aliphatic heterocycles. The molecule has 1 N–H and O–H groups in total. The number of anilines is 1. The Hall–Kier alpha value is -2.42. The Morgan fingerprint density at radius 1 is 1.44 bits per heavy atom. The van der Waals surface area contributed by atoms with Gasteiger partial charge in [-0.2, -0.15) is 5.26 Å². The third-order valence-corrected chi connectivity index (χ3v) is 2.32. The highest BCUT2D eigenvalue weighted by Crippen LogP contribution is 2.08. The second-order valence-electron chi connectivity index (χ2n) is 3.76. The van der Waals surface area contributed by atoms with Crippen LogP contribution >= 0.6 is 0 Å². The summed E-state index contributed by atoms with van der Waals surface area (Å²) in [6.45, 7) is 4.21. The first-order valence-electron chi connectivity index (χ1n) is 5.64. The lowest BCUT2D eigenvalue weighted by Crippen LogP contribution is -2.05. The quantitative estimate of drug-likeness (QED) is 0.881. The molecule has 18 heavy (non-hydrogen) atoms. The molecule has 2 heterocycles. The van der Waals surface area contributed by atoms with Crippen molar-refractivity contribution in [3.8, 4) is 6.07 Å². The molecule has 0 spiro atoms. The Bertz CT molecular complexity index is 584. The lowest BCUT2D eigenvalue weighted by molar-refractivity contribution is 0.465. The predicted molar refractivity (Wildman–Crippen MR) is 64.7 cm³/mol. The Balaban J connectivity index is 2.06. The zero-order chi connectivity index (χ0) is 13.0. The van der Waals surface area contributed by atoms with Crippen LogP contribution in [0.1, 0.15) is 30.0 Å². The Morgan fingerprint density at radius 3 is 2.94 bits per heavy atom. The number of oxazole rings is 1. The lowest BCUT2D eigenvalue weighted by Gasteiger charge is -2.03. The highest BCUT2D eigenvalue weighted by molar-refractivity contribution is 5.32. The number of hydrogen-bond acceptors (Lipinski definition) is 6. The number of hydrogen-bond donors (Lipinski definition) is 1. The number of rotatable bonds is 4. The molecule has 0 aliphatic carbocycles. The summed E-state index contributed by atoms with van der Waals surface area (Å²) in [6, 6.07) is 3.62. The Morgan fingerprint density at radius 2 is 2.28 bits per heavy atom. The second kappa shape index (κ2) is 5.27. The fraction of sp³-hybridized carbons (Fsp3) is 0.333. The first kappa shape index (κ1) is 12.0. The van der Waals surface area contributed by atoms with Gasteiger partial charge in [-0.25, -0.2) is 15.0 Å². The van der Waals surface area contributed by atoms with Crippen LogP contribution in [0.25, 0.3) is 0 Å². The fourth-order valence-corrected chi connectivity index (χ4v) is 1.45. The van der Waals surface area contributed by atoms with E-state index in [9.17, 15) is 0 Å². The van der Waals surface area contributed by atoms with Gasteiger partial charge >= 0.3 is 0 Å².